The number of benzene rings is 1. The Bertz CT molecular complexity index is 657. The summed E-state index contributed by atoms with van der Waals surface area (Å²) in [4.78, 5) is 22.1. The molecule has 0 radical (unpaired) electrons. The monoisotopic (exact) mass is 298 g/mol. The Balaban J connectivity index is 3.38. The molecule has 0 spiro atoms. The van der Waals surface area contributed by atoms with Crippen molar-refractivity contribution < 1.29 is 27.5 Å². The van der Waals surface area contributed by atoms with Crippen LogP contribution in [0.4, 0.5) is 0 Å². The van der Waals surface area contributed by atoms with Gasteiger partial charge in [-0.1, -0.05) is 12.1 Å². The molecule has 108 valence electrons. The van der Waals surface area contributed by atoms with E-state index in [9.17, 15) is 18.0 Å². The SMILES string of the molecule is CC(=O)O/C(=C\S(C)(=O)=O)c1ccccc1OC(C)=O. The minimum atomic E-state index is -3.54. The number of rotatable bonds is 4. The van der Waals surface area contributed by atoms with Gasteiger partial charge in [-0.15, -0.1) is 0 Å². The van der Waals surface area contributed by atoms with E-state index in [1.165, 1.54) is 19.1 Å². The van der Waals surface area contributed by atoms with E-state index in [0.29, 0.717) is 0 Å². The molecule has 0 aliphatic rings. The van der Waals surface area contributed by atoms with Crippen molar-refractivity contribution in [3.8, 4) is 5.75 Å². The number of carbonyl (C=O) groups excluding carboxylic acids is 2. The quantitative estimate of drug-likeness (QED) is 0.476. The predicted octanol–water partition coefficient (Wildman–Crippen LogP) is 1.52. The van der Waals surface area contributed by atoms with Gasteiger partial charge in [0.05, 0.1) is 11.0 Å². The minimum absolute atomic E-state index is 0.108. The van der Waals surface area contributed by atoms with Gasteiger partial charge in [-0.3, -0.25) is 9.59 Å². The number of sulfone groups is 1. The molecule has 20 heavy (non-hydrogen) atoms. The summed E-state index contributed by atoms with van der Waals surface area (Å²) in [6, 6.07) is 6.16. The summed E-state index contributed by atoms with van der Waals surface area (Å²) in [5.74, 6) is -1.34. The zero-order chi connectivity index (χ0) is 15.3. The fraction of sp³-hybridized carbons (Fsp3) is 0.231. The molecule has 0 fully saturated rings. The molecular formula is C13H14O6S. The van der Waals surface area contributed by atoms with E-state index in [2.05, 4.69) is 0 Å². The fourth-order valence-electron chi connectivity index (χ4n) is 1.41. The van der Waals surface area contributed by atoms with E-state index < -0.39 is 21.8 Å². The van der Waals surface area contributed by atoms with Crippen molar-refractivity contribution in [2.45, 2.75) is 13.8 Å². The lowest BCUT2D eigenvalue weighted by atomic mass is 10.2. The summed E-state index contributed by atoms with van der Waals surface area (Å²) in [6.45, 7) is 2.35. The average Bonchev–Trinajstić information content (AvgIpc) is 2.25. The normalized spacial score (nSPS) is 11.8. The van der Waals surface area contributed by atoms with Crippen LogP contribution in [0.5, 0.6) is 5.75 Å². The summed E-state index contributed by atoms with van der Waals surface area (Å²) < 4.78 is 32.6. The van der Waals surface area contributed by atoms with Crippen LogP contribution in [0.3, 0.4) is 0 Å². The third-order valence-corrected chi connectivity index (χ3v) is 2.62. The van der Waals surface area contributed by atoms with Gasteiger partial charge in [0.25, 0.3) is 0 Å². The molecule has 0 saturated heterocycles. The number of para-hydroxylation sites is 1. The highest BCUT2D eigenvalue weighted by Crippen LogP contribution is 2.27. The van der Waals surface area contributed by atoms with E-state index >= 15 is 0 Å². The van der Waals surface area contributed by atoms with Crippen molar-refractivity contribution in [3.05, 3.63) is 35.2 Å². The summed E-state index contributed by atoms with van der Waals surface area (Å²) in [6.07, 6.45) is 0.963. The number of hydrogen-bond acceptors (Lipinski definition) is 6. The molecule has 0 N–H and O–H groups in total. The smallest absolute Gasteiger partial charge is 0.308 e. The van der Waals surface area contributed by atoms with Gasteiger partial charge in [0.2, 0.25) is 0 Å². The molecule has 1 rings (SSSR count). The van der Waals surface area contributed by atoms with Gasteiger partial charge in [0, 0.05) is 20.1 Å². The first kappa shape index (κ1) is 15.9. The molecule has 0 aromatic heterocycles. The zero-order valence-electron chi connectivity index (χ0n) is 11.2. The van der Waals surface area contributed by atoms with Crippen LogP contribution >= 0.6 is 0 Å². The summed E-state index contributed by atoms with van der Waals surface area (Å²) in [5.41, 5.74) is 0.198. The Morgan fingerprint density at radius 1 is 1.10 bits per heavy atom. The molecule has 0 unspecified atom stereocenters. The van der Waals surface area contributed by atoms with Crippen LogP contribution < -0.4 is 4.74 Å². The van der Waals surface area contributed by atoms with Gasteiger partial charge in [-0.05, 0) is 12.1 Å². The first-order valence-corrected chi connectivity index (χ1v) is 7.52. The van der Waals surface area contributed by atoms with E-state index in [1.807, 2.05) is 0 Å². The van der Waals surface area contributed by atoms with Crippen LogP contribution in [0.15, 0.2) is 29.7 Å². The summed E-state index contributed by atoms with van der Waals surface area (Å²) in [7, 11) is -3.54. The van der Waals surface area contributed by atoms with Gasteiger partial charge in [0.1, 0.15) is 5.75 Å². The molecule has 0 aliphatic heterocycles. The number of ether oxygens (including phenoxy) is 2. The maximum atomic E-state index is 11.4. The fourth-order valence-corrected chi connectivity index (χ4v) is 1.97. The molecule has 0 amide bonds. The third-order valence-electron chi connectivity index (χ3n) is 1.98. The van der Waals surface area contributed by atoms with E-state index in [0.717, 1.165) is 18.6 Å². The molecule has 0 aliphatic carbocycles. The summed E-state index contributed by atoms with van der Waals surface area (Å²) >= 11 is 0. The predicted molar refractivity (Wildman–Crippen MR) is 72.3 cm³/mol. The maximum absolute atomic E-state index is 11.4. The van der Waals surface area contributed by atoms with Crippen molar-refractivity contribution in [3.63, 3.8) is 0 Å². The van der Waals surface area contributed by atoms with Gasteiger partial charge in [0.15, 0.2) is 15.6 Å². The molecule has 1 aromatic carbocycles. The third kappa shape index (κ3) is 5.23. The Morgan fingerprint density at radius 2 is 1.70 bits per heavy atom. The van der Waals surface area contributed by atoms with Crippen LogP contribution in [-0.4, -0.2) is 26.6 Å². The zero-order valence-corrected chi connectivity index (χ0v) is 12.1. The van der Waals surface area contributed by atoms with E-state index in [1.54, 1.807) is 12.1 Å². The first-order chi connectivity index (χ1) is 9.19. The average molecular weight is 298 g/mol. The molecule has 7 heteroatoms. The second-order valence-corrected chi connectivity index (χ2v) is 5.89. The molecule has 0 atom stereocenters. The van der Waals surface area contributed by atoms with Gasteiger partial charge >= 0.3 is 11.9 Å². The van der Waals surface area contributed by atoms with Crippen molar-refractivity contribution >= 4 is 27.5 Å². The highest BCUT2D eigenvalue weighted by molar-refractivity contribution is 7.93. The lowest BCUT2D eigenvalue weighted by molar-refractivity contribution is -0.134. The lowest BCUT2D eigenvalue weighted by Crippen LogP contribution is -2.07. The Kier molecular flexibility index (Phi) is 5.04. The van der Waals surface area contributed by atoms with Crippen LogP contribution in [0, 0.1) is 0 Å². The van der Waals surface area contributed by atoms with Crippen molar-refractivity contribution in [2.75, 3.05) is 6.26 Å². The standard InChI is InChI=1S/C13H14O6S/c1-9(14)18-12-7-5-4-6-11(12)13(19-10(2)15)8-20(3,16)17/h4-8H,1-3H3/b13-8-. The highest BCUT2D eigenvalue weighted by Gasteiger charge is 2.15. The molecule has 0 saturated carbocycles. The van der Waals surface area contributed by atoms with Crippen LogP contribution in [0.2, 0.25) is 0 Å². The van der Waals surface area contributed by atoms with E-state index in [4.69, 9.17) is 9.47 Å². The largest absolute Gasteiger partial charge is 0.426 e. The van der Waals surface area contributed by atoms with Gasteiger partial charge in [-0.2, -0.15) is 0 Å². The van der Waals surface area contributed by atoms with Crippen molar-refractivity contribution in [1.82, 2.24) is 0 Å². The van der Waals surface area contributed by atoms with Gasteiger partial charge in [-0.25, -0.2) is 8.42 Å². The second-order valence-electron chi connectivity index (χ2n) is 4.00. The topological polar surface area (TPSA) is 86.7 Å². The van der Waals surface area contributed by atoms with Crippen LogP contribution in [-0.2, 0) is 24.2 Å². The molecule has 0 heterocycles. The Morgan fingerprint density at radius 3 is 2.20 bits per heavy atom. The minimum Gasteiger partial charge on any atom is -0.426 e. The number of hydrogen-bond donors (Lipinski definition) is 0. The van der Waals surface area contributed by atoms with Crippen LogP contribution in [0.1, 0.15) is 19.4 Å². The second kappa shape index (κ2) is 6.33. The highest BCUT2D eigenvalue weighted by atomic mass is 32.2. The Labute approximate surface area is 116 Å². The molecule has 1 aromatic rings. The first-order valence-electron chi connectivity index (χ1n) is 5.57. The lowest BCUT2D eigenvalue weighted by Gasteiger charge is -2.11. The number of carbonyl (C=O) groups is 2. The maximum Gasteiger partial charge on any atom is 0.308 e. The Hall–Kier alpha value is -2.15. The molecular weight excluding hydrogens is 284 g/mol. The van der Waals surface area contributed by atoms with E-state index in [-0.39, 0.29) is 17.1 Å². The molecule has 6 nitrogen and oxygen atoms in total. The molecule has 0 bridgehead atoms. The van der Waals surface area contributed by atoms with Crippen molar-refractivity contribution in [1.29, 1.82) is 0 Å². The number of esters is 2. The summed E-state index contributed by atoms with van der Waals surface area (Å²) in [5, 5.41) is 0.802. The van der Waals surface area contributed by atoms with Gasteiger partial charge < -0.3 is 9.47 Å². The van der Waals surface area contributed by atoms with Crippen LogP contribution in [0.25, 0.3) is 5.76 Å². The van der Waals surface area contributed by atoms with Crippen molar-refractivity contribution in [2.24, 2.45) is 0 Å².